The smallest absolute Gasteiger partial charge is 0.192 e. The number of nitrogens with zero attached hydrogens (tertiary/aromatic N) is 3. The van der Waals surface area contributed by atoms with Crippen LogP contribution in [-0.4, -0.2) is 16.9 Å². The van der Waals surface area contributed by atoms with Crippen molar-refractivity contribution >= 4 is 23.4 Å². The van der Waals surface area contributed by atoms with Crippen LogP contribution in [0.4, 0.5) is 11.5 Å². The molecule has 9 nitrogen and oxygen atoms in total. The number of rotatable bonds is 2. The highest BCUT2D eigenvalue weighted by molar-refractivity contribution is 5.83. The van der Waals surface area contributed by atoms with Gasteiger partial charge < -0.3 is 22.9 Å². The molecule has 12 N–H and O–H groups in total. The van der Waals surface area contributed by atoms with Gasteiger partial charge in [-0.05, 0) is 12.1 Å². The van der Waals surface area contributed by atoms with Crippen LogP contribution in [0.25, 0.3) is 0 Å². The van der Waals surface area contributed by atoms with E-state index in [1.807, 2.05) is 0 Å². The zero-order valence-corrected chi connectivity index (χ0v) is 8.54. The number of hydrazine groups is 1. The van der Waals surface area contributed by atoms with Gasteiger partial charge in [-0.1, -0.05) is 0 Å². The summed E-state index contributed by atoms with van der Waals surface area (Å²) in [6, 6.07) is 3.32. The molecule has 1 aromatic heterocycles. The lowest BCUT2D eigenvalue weighted by Crippen LogP contribution is -2.22. The SMILES string of the molecule is NC(N)=Nc1cccnc1N=C(N)N.NN. The molecule has 1 aromatic rings. The van der Waals surface area contributed by atoms with Gasteiger partial charge in [-0.3, -0.25) is 11.7 Å². The highest BCUT2D eigenvalue weighted by Gasteiger charge is 2.00. The molecule has 0 amide bonds. The maximum atomic E-state index is 5.21. The van der Waals surface area contributed by atoms with Gasteiger partial charge in [-0.2, -0.15) is 4.99 Å². The summed E-state index contributed by atoms with van der Waals surface area (Å²) in [6.07, 6.45) is 1.54. The zero-order valence-electron chi connectivity index (χ0n) is 8.54. The van der Waals surface area contributed by atoms with Gasteiger partial charge in [0.05, 0.1) is 0 Å². The maximum Gasteiger partial charge on any atom is 0.192 e. The van der Waals surface area contributed by atoms with E-state index in [1.165, 1.54) is 6.20 Å². The quantitative estimate of drug-likeness (QED) is 0.141. The number of nitrogens with two attached hydrogens (primary N) is 6. The van der Waals surface area contributed by atoms with Crippen LogP contribution in [-0.2, 0) is 0 Å². The molecule has 0 aliphatic rings. The second-order valence-electron chi connectivity index (χ2n) is 2.42. The van der Waals surface area contributed by atoms with Crippen molar-refractivity contribution in [3.63, 3.8) is 0 Å². The third-order valence-corrected chi connectivity index (χ3v) is 1.25. The molecule has 0 aromatic carbocycles. The maximum absolute atomic E-state index is 5.21. The Hall–Kier alpha value is -2.39. The standard InChI is InChI=1S/C7H11N7.H4N2/c8-6(9)13-4-2-1-3-12-5(4)14-7(10)11;1-2/h1-3H,(H4,8,9,13)(H4,10,11,12,14);1-2H2. The zero-order chi connectivity index (χ0) is 12.6. The summed E-state index contributed by atoms with van der Waals surface area (Å²) < 4.78 is 0. The van der Waals surface area contributed by atoms with E-state index in [1.54, 1.807) is 12.1 Å². The molecular formula is C7H15N9. The molecule has 0 fully saturated rings. The number of guanidine groups is 2. The summed E-state index contributed by atoms with van der Waals surface area (Å²) in [5.41, 5.74) is 21.2. The number of pyridine rings is 1. The predicted molar refractivity (Wildman–Crippen MR) is 63.6 cm³/mol. The van der Waals surface area contributed by atoms with Crippen molar-refractivity contribution in [3.05, 3.63) is 18.3 Å². The average molecular weight is 225 g/mol. The van der Waals surface area contributed by atoms with E-state index in [0.717, 1.165) is 0 Å². The Balaban J connectivity index is 0.00000106. The molecule has 1 heterocycles. The van der Waals surface area contributed by atoms with Crippen molar-refractivity contribution in [3.8, 4) is 0 Å². The van der Waals surface area contributed by atoms with Gasteiger partial charge in [0.25, 0.3) is 0 Å². The van der Waals surface area contributed by atoms with Crippen LogP contribution in [0.15, 0.2) is 28.3 Å². The predicted octanol–water partition coefficient (Wildman–Crippen LogP) is -2.29. The first-order valence-corrected chi connectivity index (χ1v) is 4.07. The Morgan fingerprint density at radius 3 is 2.06 bits per heavy atom. The van der Waals surface area contributed by atoms with Crippen molar-refractivity contribution in [1.82, 2.24) is 4.98 Å². The molecule has 0 atom stereocenters. The fourth-order valence-corrected chi connectivity index (χ4v) is 0.823. The summed E-state index contributed by atoms with van der Waals surface area (Å²) in [5, 5.41) is 0. The highest BCUT2D eigenvalue weighted by atomic mass is 15.1. The van der Waals surface area contributed by atoms with E-state index in [9.17, 15) is 0 Å². The highest BCUT2D eigenvalue weighted by Crippen LogP contribution is 2.23. The van der Waals surface area contributed by atoms with Crippen molar-refractivity contribution in [1.29, 1.82) is 0 Å². The Morgan fingerprint density at radius 2 is 1.56 bits per heavy atom. The van der Waals surface area contributed by atoms with Crippen LogP contribution in [0.3, 0.4) is 0 Å². The lowest BCUT2D eigenvalue weighted by atomic mass is 10.4. The molecule has 1 rings (SSSR count). The molecule has 0 spiro atoms. The molecule has 0 aliphatic carbocycles. The molecule has 0 unspecified atom stereocenters. The fourth-order valence-electron chi connectivity index (χ4n) is 0.823. The first kappa shape index (κ1) is 13.6. The van der Waals surface area contributed by atoms with Crippen LogP contribution in [0.5, 0.6) is 0 Å². The van der Waals surface area contributed by atoms with Crippen LogP contribution in [0, 0.1) is 0 Å². The van der Waals surface area contributed by atoms with Gasteiger partial charge in [0, 0.05) is 6.20 Å². The Bertz CT molecular complexity index is 338. The molecule has 0 radical (unpaired) electrons. The minimum Gasteiger partial charge on any atom is -0.370 e. The van der Waals surface area contributed by atoms with E-state index in [2.05, 4.69) is 26.7 Å². The number of hydrogen-bond donors (Lipinski definition) is 6. The second-order valence-corrected chi connectivity index (χ2v) is 2.42. The Labute approximate surface area is 92.2 Å². The van der Waals surface area contributed by atoms with Gasteiger partial charge in [0.1, 0.15) is 5.69 Å². The number of aromatic nitrogens is 1. The fraction of sp³-hybridized carbons (Fsp3) is 0. The van der Waals surface area contributed by atoms with Crippen LogP contribution in [0.2, 0.25) is 0 Å². The van der Waals surface area contributed by atoms with Gasteiger partial charge in [-0.15, -0.1) is 0 Å². The summed E-state index contributed by atoms with van der Waals surface area (Å²) in [5.74, 6) is 8.10. The Kier molecular flexibility index (Phi) is 5.93. The molecule has 16 heavy (non-hydrogen) atoms. The van der Waals surface area contributed by atoms with Gasteiger partial charge >= 0.3 is 0 Å². The van der Waals surface area contributed by atoms with E-state index in [4.69, 9.17) is 22.9 Å². The third-order valence-electron chi connectivity index (χ3n) is 1.25. The summed E-state index contributed by atoms with van der Waals surface area (Å²) in [4.78, 5) is 11.5. The second kappa shape index (κ2) is 6.98. The van der Waals surface area contributed by atoms with Crippen LogP contribution >= 0.6 is 0 Å². The van der Waals surface area contributed by atoms with E-state index in [-0.39, 0.29) is 17.7 Å². The van der Waals surface area contributed by atoms with Crippen LogP contribution < -0.4 is 34.6 Å². The van der Waals surface area contributed by atoms with Gasteiger partial charge in [0.15, 0.2) is 17.7 Å². The van der Waals surface area contributed by atoms with Crippen molar-refractivity contribution in [2.24, 2.45) is 44.6 Å². The van der Waals surface area contributed by atoms with Crippen molar-refractivity contribution in [2.45, 2.75) is 0 Å². The molecule has 0 saturated heterocycles. The van der Waals surface area contributed by atoms with Crippen molar-refractivity contribution in [2.75, 3.05) is 0 Å². The molecular weight excluding hydrogens is 210 g/mol. The summed E-state index contributed by atoms with van der Waals surface area (Å²) >= 11 is 0. The summed E-state index contributed by atoms with van der Waals surface area (Å²) in [6.45, 7) is 0. The Morgan fingerprint density at radius 1 is 1.00 bits per heavy atom. The minimum absolute atomic E-state index is 0.0787. The topological polar surface area (TPSA) is 194 Å². The molecule has 88 valence electrons. The van der Waals surface area contributed by atoms with Gasteiger partial charge in [-0.25, -0.2) is 9.98 Å². The summed E-state index contributed by atoms with van der Waals surface area (Å²) in [7, 11) is 0. The normalized spacial score (nSPS) is 8.38. The molecule has 0 aliphatic heterocycles. The molecule has 9 heteroatoms. The number of aliphatic imine (C=N–C) groups is 2. The molecule has 0 saturated carbocycles. The largest absolute Gasteiger partial charge is 0.370 e. The van der Waals surface area contributed by atoms with Gasteiger partial charge in [0.2, 0.25) is 0 Å². The first-order chi connectivity index (χ1) is 7.59. The third kappa shape index (κ3) is 4.74. The monoisotopic (exact) mass is 225 g/mol. The van der Waals surface area contributed by atoms with Crippen LogP contribution in [0.1, 0.15) is 0 Å². The average Bonchev–Trinajstić information content (AvgIpc) is 2.22. The van der Waals surface area contributed by atoms with E-state index >= 15 is 0 Å². The lowest BCUT2D eigenvalue weighted by Gasteiger charge is -1.99. The minimum atomic E-state index is -0.101. The molecule has 0 bridgehead atoms. The van der Waals surface area contributed by atoms with E-state index < -0.39 is 0 Å². The van der Waals surface area contributed by atoms with E-state index in [0.29, 0.717) is 5.69 Å². The van der Waals surface area contributed by atoms with Crippen molar-refractivity contribution < 1.29 is 0 Å². The first-order valence-electron chi connectivity index (χ1n) is 4.07. The number of hydrogen-bond acceptors (Lipinski definition) is 5. The lowest BCUT2D eigenvalue weighted by molar-refractivity contribution is 1.23.